The third-order valence-corrected chi connectivity index (χ3v) is 3.92. The molecule has 0 spiro atoms. The number of pyridine rings is 1. The van der Waals surface area contributed by atoms with Gasteiger partial charge in [-0.3, -0.25) is 4.79 Å². The average molecular weight is 408 g/mol. The lowest BCUT2D eigenvalue weighted by Gasteiger charge is -2.16. The molecule has 2 rings (SSSR count). The van der Waals surface area contributed by atoms with Crippen LogP contribution in [0.5, 0.6) is 5.88 Å². The van der Waals surface area contributed by atoms with E-state index in [0.29, 0.717) is 16.4 Å². The fraction of sp³-hybridized carbons (Fsp3) is 0.250. The van der Waals surface area contributed by atoms with Crippen molar-refractivity contribution in [2.75, 3.05) is 17.2 Å². The van der Waals surface area contributed by atoms with Crippen LogP contribution in [-0.4, -0.2) is 29.7 Å². The number of aromatic nitrogens is 1. The third-order valence-electron chi connectivity index (χ3n) is 3.11. The number of hydrogen-bond acceptors (Lipinski definition) is 4. The molecule has 0 saturated heterocycles. The van der Waals surface area contributed by atoms with Gasteiger partial charge in [-0.05, 0) is 25.1 Å². The Bertz CT molecular complexity index is 770. The van der Waals surface area contributed by atoms with Gasteiger partial charge in [-0.15, -0.1) is 0 Å². The molecule has 140 valence electrons. The minimum absolute atomic E-state index is 0.171. The quantitative estimate of drug-likeness (QED) is 0.723. The first kappa shape index (κ1) is 20.1. The zero-order valence-corrected chi connectivity index (χ0v) is 14.9. The van der Waals surface area contributed by atoms with Crippen LogP contribution in [-0.2, 0) is 4.79 Å². The molecule has 0 bridgehead atoms. The molecule has 1 unspecified atom stereocenters. The van der Waals surface area contributed by atoms with Gasteiger partial charge in [-0.2, -0.15) is 13.2 Å². The van der Waals surface area contributed by atoms with Crippen molar-refractivity contribution in [2.45, 2.75) is 19.1 Å². The number of alkyl halides is 3. The Balaban J connectivity index is 1.93. The van der Waals surface area contributed by atoms with E-state index in [1.165, 1.54) is 18.3 Å². The van der Waals surface area contributed by atoms with Gasteiger partial charge < -0.3 is 15.4 Å². The van der Waals surface area contributed by atoms with Gasteiger partial charge in [-0.25, -0.2) is 4.98 Å². The number of benzene rings is 1. The highest BCUT2D eigenvalue weighted by molar-refractivity contribution is 6.44. The van der Waals surface area contributed by atoms with Gasteiger partial charge in [0, 0.05) is 6.07 Å². The Labute approximate surface area is 157 Å². The summed E-state index contributed by atoms with van der Waals surface area (Å²) in [5.41, 5.74) is 0.802. The molecular weight excluding hydrogens is 394 g/mol. The molecule has 0 aliphatic heterocycles. The van der Waals surface area contributed by atoms with Crippen molar-refractivity contribution in [3.8, 4) is 5.88 Å². The second-order valence-corrected chi connectivity index (χ2v) is 6.03. The minimum atomic E-state index is -4.44. The van der Waals surface area contributed by atoms with Crippen LogP contribution in [0.4, 0.5) is 24.5 Å². The van der Waals surface area contributed by atoms with Crippen molar-refractivity contribution in [3.63, 3.8) is 0 Å². The fourth-order valence-corrected chi connectivity index (χ4v) is 2.21. The van der Waals surface area contributed by atoms with Gasteiger partial charge in [0.05, 0.1) is 27.6 Å². The fourth-order valence-electron chi connectivity index (χ4n) is 1.86. The maximum absolute atomic E-state index is 12.2. The maximum Gasteiger partial charge on any atom is 0.422 e. The lowest BCUT2D eigenvalue weighted by Crippen LogP contribution is -2.32. The van der Waals surface area contributed by atoms with Gasteiger partial charge in [-0.1, -0.05) is 29.3 Å². The van der Waals surface area contributed by atoms with Gasteiger partial charge in [0.15, 0.2) is 6.61 Å². The Morgan fingerprint density at radius 2 is 2.00 bits per heavy atom. The molecule has 0 aliphatic carbocycles. The summed E-state index contributed by atoms with van der Waals surface area (Å²) >= 11 is 11.9. The summed E-state index contributed by atoms with van der Waals surface area (Å²) in [4.78, 5) is 16.0. The monoisotopic (exact) mass is 407 g/mol. The summed E-state index contributed by atoms with van der Waals surface area (Å²) in [7, 11) is 0. The summed E-state index contributed by atoms with van der Waals surface area (Å²) in [6.07, 6.45) is -3.17. The van der Waals surface area contributed by atoms with Crippen molar-refractivity contribution < 1.29 is 22.7 Å². The van der Waals surface area contributed by atoms with Crippen LogP contribution in [0.25, 0.3) is 0 Å². The Hall–Kier alpha value is -2.19. The zero-order valence-electron chi connectivity index (χ0n) is 13.4. The van der Waals surface area contributed by atoms with Crippen LogP contribution in [0.3, 0.4) is 0 Å². The summed E-state index contributed by atoms with van der Waals surface area (Å²) in [5.74, 6) is -0.553. The lowest BCUT2D eigenvalue weighted by molar-refractivity contribution is -0.154. The first-order chi connectivity index (χ1) is 12.2. The van der Waals surface area contributed by atoms with Crippen molar-refractivity contribution in [2.24, 2.45) is 0 Å². The van der Waals surface area contributed by atoms with E-state index in [1.807, 2.05) is 0 Å². The molecule has 0 radical (unpaired) electrons. The molecule has 0 saturated carbocycles. The molecule has 5 nitrogen and oxygen atoms in total. The standard InChI is InChI=1S/C16H14Cl2F3N3O2/c1-9(15(25)24-12-4-2-3-11(17)14(12)18)23-10-5-6-13(22-7-10)26-8-16(19,20)21/h2-7,9,23H,8H2,1H3,(H,24,25). The second-order valence-electron chi connectivity index (χ2n) is 5.25. The number of rotatable bonds is 6. The number of amides is 1. The van der Waals surface area contributed by atoms with Crippen molar-refractivity contribution in [1.29, 1.82) is 0 Å². The maximum atomic E-state index is 12.2. The van der Waals surface area contributed by atoms with Gasteiger partial charge in [0.25, 0.3) is 0 Å². The molecule has 0 aliphatic rings. The van der Waals surface area contributed by atoms with E-state index in [1.54, 1.807) is 25.1 Å². The number of carbonyl (C=O) groups is 1. The Morgan fingerprint density at radius 3 is 2.62 bits per heavy atom. The van der Waals surface area contributed by atoms with Crippen LogP contribution in [0.2, 0.25) is 10.0 Å². The number of hydrogen-bond donors (Lipinski definition) is 2. The van der Waals surface area contributed by atoms with E-state index >= 15 is 0 Å². The summed E-state index contributed by atoms with van der Waals surface area (Å²) in [5, 5.41) is 6.03. The molecule has 1 atom stereocenters. The van der Waals surface area contributed by atoms with Gasteiger partial charge >= 0.3 is 6.18 Å². The zero-order chi connectivity index (χ0) is 19.3. The summed E-state index contributed by atoms with van der Waals surface area (Å²) in [6.45, 7) is 0.174. The highest BCUT2D eigenvalue weighted by Crippen LogP contribution is 2.29. The average Bonchev–Trinajstić information content (AvgIpc) is 2.57. The van der Waals surface area contributed by atoms with E-state index < -0.39 is 18.8 Å². The highest BCUT2D eigenvalue weighted by Gasteiger charge is 2.28. The summed E-state index contributed by atoms with van der Waals surface area (Å²) in [6, 6.07) is 6.89. The number of nitrogens with zero attached hydrogens (tertiary/aromatic N) is 1. The molecule has 0 fully saturated rings. The predicted molar refractivity (Wildman–Crippen MR) is 94.0 cm³/mol. The van der Waals surface area contributed by atoms with E-state index in [2.05, 4.69) is 20.4 Å². The van der Waals surface area contributed by atoms with Crippen LogP contribution < -0.4 is 15.4 Å². The molecule has 1 aromatic carbocycles. The number of ether oxygens (including phenoxy) is 1. The smallest absolute Gasteiger partial charge is 0.422 e. The van der Waals surface area contributed by atoms with E-state index in [0.717, 1.165) is 0 Å². The second kappa shape index (κ2) is 8.46. The minimum Gasteiger partial charge on any atom is -0.468 e. The first-order valence-electron chi connectivity index (χ1n) is 7.33. The first-order valence-corrected chi connectivity index (χ1v) is 8.08. The molecule has 2 N–H and O–H groups in total. The molecule has 10 heteroatoms. The van der Waals surface area contributed by atoms with Crippen LogP contribution in [0.15, 0.2) is 36.5 Å². The van der Waals surface area contributed by atoms with Crippen LogP contribution in [0, 0.1) is 0 Å². The van der Waals surface area contributed by atoms with Gasteiger partial charge in [0.2, 0.25) is 11.8 Å². The third kappa shape index (κ3) is 5.96. The summed E-state index contributed by atoms with van der Waals surface area (Å²) < 4.78 is 40.8. The van der Waals surface area contributed by atoms with Gasteiger partial charge in [0.1, 0.15) is 6.04 Å². The molecule has 1 amide bonds. The number of halogens is 5. The molecular formula is C16H14Cl2F3N3O2. The topological polar surface area (TPSA) is 63.2 Å². The molecule has 1 heterocycles. The van der Waals surface area contributed by atoms with Crippen molar-refractivity contribution in [1.82, 2.24) is 4.98 Å². The SMILES string of the molecule is CC(Nc1ccc(OCC(F)(F)F)nc1)C(=O)Nc1cccc(Cl)c1Cl. The lowest BCUT2D eigenvalue weighted by atomic mass is 10.2. The Morgan fingerprint density at radius 1 is 1.27 bits per heavy atom. The van der Waals surface area contributed by atoms with Crippen LogP contribution in [0.1, 0.15) is 6.92 Å². The molecule has 2 aromatic rings. The van der Waals surface area contributed by atoms with Crippen molar-refractivity contribution >= 4 is 40.5 Å². The Kier molecular flexibility index (Phi) is 6.55. The van der Waals surface area contributed by atoms with Crippen LogP contribution >= 0.6 is 23.2 Å². The number of nitrogens with one attached hydrogen (secondary N) is 2. The predicted octanol–water partition coefficient (Wildman–Crippen LogP) is 4.77. The highest BCUT2D eigenvalue weighted by atomic mass is 35.5. The van der Waals surface area contributed by atoms with Crippen molar-refractivity contribution in [3.05, 3.63) is 46.6 Å². The van der Waals surface area contributed by atoms with E-state index in [4.69, 9.17) is 23.2 Å². The number of carbonyl (C=O) groups excluding carboxylic acids is 1. The molecule has 26 heavy (non-hydrogen) atoms. The van der Waals surface area contributed by atoms with E-state index in [9.17, 15) is 18.0 Å². The normalized spacial score (nSPS) is 12.4. The number of anilines is 2. The largest absolute Gasteiger partial charge is 0.468 e. The van der Waals surface area contributed by atoms with E-state index in [-0.39, 0.29) is 16.8 Å². The molecule has 1 aromatic heterocycles.